The lowest BCUT2D eigenvalue weighted by atomic mass is 10.0. The molecule has 0 aromatic heterocycles. The summed E-state index contributed by atoms with van der Waals surface area (Å²) in [4.78, 5) is 13.8. The molecule has 1 aromatic rings. The van der Waals surface area contributed by atoms with E-state index in [0.29, 0.717) is 12.3 Å². The standard InChI is InChI=1S/C15H23N3O2/c1-2-16-15(20)17-13-7-9-18(10-8-13)11-12-3-5-14(19)6-4-12/h3-6,13,19H,2,7-11H2,1H3,(H2,16,17,20). The molecule has 0 radical (unpaired) electrons. The van der Waals surface area contributed by atoms with Crippen molar-refractivity contribution < 1.29 is 9.90 Å². The van der Waals surface area contributed by atoms with E-state index in [9.17, 15) is 9.90 Å². The molecule has 1 aliphatic rings. The molecule has 0 aliphatic carbocycles. The number of phenolic OH excluding ortho intramolecular Hbond substituents is 1. The molecular formula is C15H23N3O2. The number of phenols is 1. The van der Waals surface area contributed by atoms with Gasteiger partial charge < -0.3 is 15.7 Å². The normalized spacial score (nSPS) is 16.9. The number of piperidine rings is 1. The average Bonchev–Trinajstić information content (AvgIpc) is 2.44. The molecule has 0 saturated carbocycles. The molecule has 1 aromatic carbocycles. The molecule has 5 heteroatoms. The number of nitrogens with zero attached hydrogens (tertiary/aromatic N) is 1. The molecule has 110 valence electrons. The van der Waals surface area contributed by atoms with Crippen molar-refractivity contribution in [1.82, 2.24) is 15.5 Å². The van der Waals surface area contributed by atoms with Crippen molar-refractivity contribution in [3.8, 4) is 5.75 Å². The van der Waals surface area contributed by atoms with Crippen LogP contribution in [0.1, 0.15) is 25.3 Å². The monoisotopic (exact) mass is 277 g/mol. The molecular weight excluding hydrogens is 254 g/mol. The van der Waals surface area contributed by atoms with Crippen molar-refractivity contribution in [2.24, 2.45) is 0 Å². The van der Waals surface area contributed by atoms with E-state index >= 15 is 0 Å². The van der Waals surface area contributed by atoms with E-state index in [1.165, 1.54) is 5.56 Å². The molecule has 0 unspecified atom stereocenters. The van der Waals surface area contributed by atoms with E-state index in [1.807, 2.05) is 19.1 Å². The lowest BCUT2D eigenvalue weighted by Crippen LogP contribution is -2.47. The van der Waals surface area contributed by atoms with E-state index in [2.05, 4.69) is 15.5 Å². The van der Waals surface area contributed by atoms with Crippen LogP contribution in [0.2, 0.25) is 0 Å². The first-order valence-electron chi connectivity index (χ1n) is 7.22. The third-order valence-electron chi connectivity index (χ3n) is 3.60. The highest BCUT2D eigenvalue weighted by molar-refractivity contribution is 5.74. The van der Waals surface area contributed by atoms with Crippen LogP contribution >= 0.6 is 0 Å². The van der Waals surface area contributed by atoms with Crippen molar-refractivity contribution >= 4 is 6.03 Å². The Morgan fingerprint density at radius 3 is 2.55 bits per heavy atom. The fourth-order valence-corrected chi connectivity index (χ4v) is 2.49. The molecule has 0 spiro atoms. The highest BCUT2D eigenvalue weighted by Gasteiger charge is 2.20. The van der Waals surface area contributed by atoms with Gasteiger partial charge in [-0.25, -0.2) is 4.79 Å². The van der Waals surface area contributed by atoms with Crippen molar-refractivity contribution in [3.63, 3.8) is 0 Å². The van der Waals surface area contributed by atoms with Crippen molar-refractivity contribution in [1.29, 1.82) is 0 Å². The molecule has 2 amide bonds. The van der Waals surface area contributed by atoms with Gasteiger partial charge in [0.2, 0.25) is 0 Å². The van der Waals surface area contributed by atoms with Crippen LogP contribution in [0.4, 0.5) is 4.79 Å². The number of likely N-dealkylation sites (tertiary alicyclic amines) is 1. The molecule has 0 bridgehead atoms. The zero-order valence-corrected chi connectivity index (χ0v) is 11.9. The van der Waals surface area contributed by atoms with Gasteiger partial charge in [0, 0.05) is 32.2 Å². The molecule has 1 aliphatic heterocycles. The topological polar surface area (TPSA) is 64.6 Å². The van der Waals surface area contributed by atoms with Gasteiger partial charge in [-0.15, -0.1) is 0 Å². The van der Waals surface area contributed by atoms with Gasteiger partial charge in [0.05, 0.1) is 0 Å². The maximum absolute atomic E-state index is 11.5. The molecule has 20 heavy (non-hydrogen) atoms. The summed E-state index contributed by atoms with van der Waals surface area (Å²) in [5.41, 5.74) is 1.21. The molecule has 1 saturated heterocycles. The van der Waals surface area contributed by atoms with Crippen LogP contribution in [-0.4, -0.2) is 41.7 Å². The highest BCUT2D eigenvalue weighted by Crippen LogP contribution is 2.16. The van der Waals surface area contributed by atoms with E-state index in [1.54, 1.807) is 12.1 Å². The predicted molar refractivity (Wildman–Crippen MR) is 78.6 cm³/mol. The summed E-state index contributed by atoms with van der Waals surface area (Å²) in [7, 11) is 0. The summed E-state index contributed by atoms with van der Waals surface area (Å²) in [6.45, 7) is 5.44. The van der Waals surface area contributed by atoms with Crippen LogP contribution in [0.3, 0.4) is 0 Å². The Bertz CT molecular complexity index is 425. The molecule has 1 fully saturated rings. The number of hydrogen-bond acceptors (Lipinski definition) is 3. The second-order valence-corrected chi connectivity index (χ2v) is 5.22. The van der Waals surface area contributed by atoms with Crippen molar-refractivity contribution in [3.05, 3.63) is 29.8 Å². The zero-order chi connectivity index (χ0) is 14.4. The Kier molecular flexibility index (Phi) is 5.24. The number of urea groups is 1. The fraction of sp³-hybridized carbons (Fsp3) is 0.533. The minimum atomic E-state index is -0.0653. The lowest BCUT2D eigenvalue weighted by Gasteiger charge is -2.32. The molecule has 1 heterocycles. The van der Waals surface area contributed by atoms with Gasteiger partial charge in [0.25, 0.3) is 0 Å². The summed E-state index contributed by atoms with van der Waals surface area (Å²) < 4.78 is 0. The third-order valence-corrected chi connectivity index (χ3v) is 3.60. The predicted octanol–water partition coefficient (Wildman–Crippen LogP) is 1.68. The Balaban J connectivity index is 1.74. The summed E-state index contributed by atoms with van der Waals surface area (Å²) in [6, 6.07) is 7.56. The minimum absolute atomic E-state index is 0.0653. The minimum Gasteiger partial charge on any atom is -0.508 e. The number of rotatable bonds is 4. The number of hydrogen-bond donors (Lipinski definition) is 3. The SMILES string of the molecule is CCNC(=O)NC1CCN(Cc2ccc(O)cc2)CC1. The second kappa shape index (κ2) is 7.14. The van der Waals surface area contributed by atoms with Gasteiger partial charge in [-0.1, -0.05) is 12.1 Å². The van der Waals surface area contributed by atoms with Crippen LogP contribution in [0.25, 0.3) is 0 Å². The molecule has 0 atom stereocenters. The van der Waals surface area contributed by atoms with Gasteiger partial charge >= 0.3 is 6.03 Å². The Morgan fingerprint density at radius 1 is 1.30 bits per heavy atom. The van der Waals surface area contributed by atoms with E-state index < -0.39 is 0 Å². The van der Waals surface area contributed by atoms with Gasteiger partial charge in [-0.05, 0) is 37.5 Å². The maximum atomic E-state index is 11.5. The Labute approximate surface area is 120 Å². The number of carbonyl (C=O) groups is 1. The number of carbonyl (C=O) groups excluding carboxylic acids is 1. The average molecular weight is 277 g/mol. The first-order chi connectivity index (χ1) is 9.67. The maximum Gasteiger partial charge on any atom is 0.314 e. The number of aromatic hydroxyl groups is 1. The molecule has 3 N–H and O–H groups in total. The van der Waals surface area contributed by atoms with E-state index in [4.69, 9.17) is 0 Å². The summed E-state index contributed by atoms with van der Waals surface area (Å²) in [6.07, 6.45) is 1.96. The van der Waals surface area contributed by atoms with Gasteiger partial charge in [0.15, 0.2) is 0 Å². The van der Waals surface area contributed by atoms with E-state index in [-0.39, 0.29) is 12.1 Å². The number of benzene rings is 1. The van der Waals surface area contributed by atoms with Crippen LogP contribution in [0.5, 0.6) is 5.75 Å². The molecule has 2 rings (SSSR count). The van der Waals surface area contributed by atoms with Gasteiger partial charge in [-0.2, -0.15) is 0 Å². The quantitative estimate of drug-likeness (QED) is 0.784. The smallest absolute Gasteiger partial charge is 0.314 e. The Hall–Kier alpha value is -1.75. The molecule has 5 nitrogen and oxygen atoms in total. The van der Waals surface area contributed by atoms with E-state index in [0.717, 1.165) is 32.5 Å². The second-order valence-electron chi connectivity index (χ2n) is 5.22. The summed E-state index contributed by atoms with van der Waals surface area (Å²) >= 11 is 0. The van der Waals surface area contributed by atoms with Crippen LogP contribution in [-0.2, 0) is 6.54 Å². The largest absolute Gasteiger partial charge is 0.508 e. The summed E-state index contributed by atoms with van der Waals surface area (Å²) in [5.74, 6) is 0.304. The first kappa shape index (κ1) is 14.7. The zero-order valence-electron chi connectivity index (χ0n) is 11.9. The van der Waals surface area contributed by atoms with Gasteiger partial charge in [0.1, 0.15) is 5.75 Å². The van der Waals surface area contributed by atoms with Crippen LogP contribution in [0, 0.1) is 0 Å². The number of amides is 2. The Morgan fingerprint density at radius 2 is 1.95 bits per heavy atom. The fourth-order valence-electron chi connectivity index (χ4n) is 2.49. The third kappa shape index (κ3) is 4.42. The van der Waals surface area contributed by atoms with Crippen LogP contribution < -0.4 is 10.6 Å². The summed E-state index contributed by atoms with van der Waals surface area (Å²) in [5, 5.41) is 15.0. The number of nitrogens with one attached hydrogen (secondary N) is 2. The van der Waals surface area contributed by atoms with Crippen LogP contribution in [0.15, 0.2) is 24.3 Å². The van der Waals surface area contributed by atoms with Gasteiger partial charge in [-0.3, -0.25) is 4.90 Å². The highest BCUT2D eigenvalue weighted by atomic mass is 16.3. The van der Waals surface area contributed by atoms with Crippen molar-refractivity contribution in [2.75, 3.05) is 19.6 Å². The van der Waals surface area contributed by atoms with Crippen molar-refractivity contribution in [2.45, 2.75) is 32.4 Å². The first-order valence-corrected chi connectivity index (χ1v) is 7.22. The lowest BCUT2D eigenvalue weighted by molar-refractivity contribution is 0.187.